The highest BCUT2D eigenvalue weighted by Gasteiger charge is 2.10. The summed E-state index contributed by atoms with van der Waals surface area (Å²) in [4.78, 5) is 8.53. The largest absolute Gasteiger partial charge is 0.314 e. The monoisotopic (exact) mass is 252 g/mol. The normalized spacial score (nSPS) is 17.3. The Hall–Kier alpha value is -1.04. The molecule has 0 radical (unpaired) electrons. The summed E-state index contributed by atoms with van der Waals surface area (Å²) in [5.74, 6) is -0.261. The van der Waals surface area contributed by atoms with E-state index in [1.807, 2.05) is 0 Å². The van der Waals surface area contributed by atoms with Gasteiger partial charge >= 0.3 is 0 Å². The third kappa shape index (κ3) is 4.33. The predicted octanol–water partition coefficient (Wildman–Crippen LogP) is 0.558. The van der Waals surface area contributed by atoms with Gasteiger partial charge in [0.25, 0.3) is 0 Å². The van der Waals surface area contributed by atoms with Gasteiger partial charge in [-0.25, -0.2) is 4.39 Å². The molecule has 1 N–H and O–H groups in total. The number of halogens is 1. The van der Waals surface area contributed by atoms with Gasteiger partial charge in [-0.05, 0) is 18.7 Å². The fourth-order valence-corrected chi connectivity index (χ4v) is 2.18. The van der Waals surface area contributed by atoms with Crippen molar-refractivity contribution in [2.24, 2.45) is 0 Å². The van der Waals surface area contributed by atoms with Gasteiger partial charge in [0, 0.05) is 52.0 Å². The van der Waals surface area contributed by atoms with Crippen molar-refractivity contribution in [3.05, 3.63) is 29.8 Å². The van der Waals surface area contributed by atoms with E-state index in [0.29, 0.717) is 0 Å². The molecule has 0 saturated carbocycles. The number of piperazine rings is 1. The molecule has 0 aliphatic carbocycles. The molecular formula is C13H21FN4. The Labute approximate surface area is 108 Å². The van der Waals surface area contributed by atoms with Gasteiger partial charge in [0.15, 0.2) is 0 Å². The molecule has 1 aromatic heterocycles. The van der Waals surface area contributed by atoms with E-state index in [4.69, 9.17) is 0 Å². The standard InChI is InChI=1S/C13H21FN4/c1-17(6-7-18-4-2-15-3-5-18)11-12-8-13(14)10-16-9-12/h8-10,15H,2-7,11H2,1H3. The average Bonchev–Trinajstić information content (AvgIpc) is 2.38. The highest BCUT2D eigenvalue weighted by molar-refractivity contribution is 5.09. The molecule has 4 nitrogen and oxygen atoms in total. The van der Waals surface area contributed by atoms with E-state index in [1.54, 1.807) is 12.3 Å². The maximum Gasteiger partial charge on any atom is 0.141 e. The van der Waals surface area contributed by atoms with E-state index in [2.05, 4.69) is 27.1 Å². The van der Waals surface area contributed by atoms with Crippen molar-refractivity contribution in [2.75, 3.05) is 46.3 Å². The van der Waals surface area contributed by atoms with Gasteiger partial charge in [-0.15, -0.1) is 0 Å². The summed E-state index contributed by atoms with van der Waals surface area (Å²) in [5, 5.41) is 3.34. The first kappa shape index (κ1) is 13.4. The summed E-state index contributed by atoms with van der Waals surface area (Å²) < 4.78 is 13.0. The van der Waals surface area contributed by atoms with Crippen molar-refractivity contribution in [1.82, 2.24) is 20.1 Å². The fourth-order valence-electron chi connectivity index (χ4n) is 2.18. The molecule has 5 heteroatoms. The van der Waals surface area contributed by atoms with E-state index >= 15 is 0 Å². The third-order valence-corrected chi connectivity index (χ3v) is 3.22. The topological polar surface area (TPSA) is 31.4 Å². The molecule has 0 amide bonds. The lowest BCUT2D eigenvalue weighted by Crippen LogP contribution is -2.45. The zero-order valence-electron chi connectivity index (χ0n) is 10.9. The van der Waals surface area contributed by atoms with Gasteiger partial charge < -0.3 is 10.2 Å². The number of aromatic nitrogens is 1. The molecule has 0 bridgehead atoms. The highest BCUT2D eigenvalue weighted by atomic mass is 19.1. The van der Waals surface area contributed by atoms with Gasteiger partial charge in [0.1, 0.15) is 5.82 Å². The second-order valence-corrected chi connectivity index (χ2v) is 4.84. The van der Waals surface area contributed by atoms with Gasteiger partial charge in [-0.2, -0.15) is 0 Å². The van der Waals surface area contributed by atoms with Crippen LogP contribution in [-0.4, -0.2) is 61.1 Å². The van der Waals surface area contributed by atoms with Crippen LogP contribution in [0.1, 0.15) is 5.56 Å². The number of likely N-dealkylation sites (N-methyl/N-ethyl adjacent to an activating group) is 1. The van der Waals surface area contributed by atoms with E-state index in [0.717, 1.165) is 51.4 Å². The van der Waals surface area contributed by atoms with Gasteiger partial charge in [-0.3, -0.25) is 9.88 Å². The van der Waals surface area contributed by atoms with Crippen molar-refractivity contribution >= 4 is 0 Å². The molecule has 18 heavy (non-hydrogen) atoms. The lowest BCUT2D eigenvalue weighted by molar-refractivity contribution is 0.202. The predicted molar refractivity (Wildman–Crippen MR) is 69.8 cm³/mol. The SMILES string of the molecule is CN(CCN1CCNCC1)Cc1cncc(F)c1. The van der Waals surface area contributed by atoms with E-state index in [-0.39, 0.29) is 5.82 Å². The Bertz CT molecular complexity index is 366. The number of hydrogen-bond donors (Lipinski definition) is 1. The Morgan fingerprint density at radius 1 is 1.39 bits per heavy atom. The first-order chi connectivity index (χ1) is 8.74. The lowest BCUT2D eigenvalue weighted by Gasteiger charge is -2.29. The second-order valence-electron chi connectivity index (χ2n) is 4.84. The molecule has 0 spiro atoms. The maximum atomic E-state index is 13.0. The minimum atomic E-state index is -0.261. The summed E-state index contributed by atoms with van der Waals surface area (Å²) in [5.41, 5.74) is 0.929. The fraction of sp³-hybridized carbons (Fsp3) is 0.615. The zero-order chi connectivity index (χ0) is 12.8. The smallest absolute Gasteiger partial charge is 0.141 e. The van der Waals surface area contributed by atoms with E-state index in [1.165, 1.54) is 6.20 Å². The van der Waals surface area contributed by atoms with E-state index in [9.17, 15) is 4.39 Å². The highest BCUT2D eigenvalue weighted by Crippen LogP contribution is 2.04. The molecule has 1 aliphatic rings. The van der Waals surface area contributed by atoms with Crippen LogP contribution < -0.4 is 5.32 Å². The van der Waals surface area contributed by atoms with Crippen LogP contribution in [0.15, 0.2) is 18.5 Å². The number of hydrogen-bond acceptors (Lipinski definition) is 4. The molecule has 0 unspecified atom stereocenters. The number of nitrogens with one attached hydrogen (secondary N) is 1. The van der Waals surface area contributed by atoms with Crippen LogP contribution in [0.4, 0.5) is 4.39 Å². The first-order valence-electron chi connectivity index (χ1n) is 6.45. The minimum Gasteiger partial charge on any atom is -0.314 e. The van der Waals surface area contributed by atoms with Gasteiger partial charge in [0.05, 0.1) is 6.20 Å². The van der Waals surface area contributed by atoms with Crippen LogP contribution in [0.25, 0.3) is 0 Å². The molecular weight excluding hydrogens is 231 g/mol. The number of rotatable bonds is 5. The van der Waals surface area contributed by atoms with Crippen molar-refractivity contribution in [3.8, 4) is 0 Å². The summed E-state index contributed by atoms with van der Waals surface area (Å²) in [6.45, 7) is 7.22. The second kappa shape index (κ2) is 6.78. The summed E-state index contributed by atoms with van der Waals surface area (Å²) in [6.07, 6.45) is 2.97. The van der Waals surface area contributed by atoms with Gasteiger partial charge in [-0.1, -0.05) is 0 Å². The first-order valence-corrected chi connectivity index (χ1v) is 6.45. The van der Waals surface area contributed by atoms with Crippen LogP contribution >= 0.6 is 0 Å². The molecule has 1 saturated heterocycles. The molecule has 1 aliphatic heterocycles. The van der Waals surface area contributed by atoms with Crippen molar-refractivity contribution < 1.29 is 4.39 Å². The maximum absolute atomic E-state index is 13.0. The van der Waals surface area contributed by atoms with Crippen molar-refractivity contribution in [1.29, 1.82) is 0 Å². The average molecular weight is 252 g/mol. The zero-order valence-corrected chi connectivity index (χ0v) is 10.9. The number of pyridine rings is 1. The van der Waals surface area contributed by atoms with Crippen LogP contribution in [0.3, 0.4) is 0 Å². The minimum absolute atomic E-state index is 0.261. The quantitative estimate of drug-likeness (QED) is 0.829. The molecule has 1 aromatic rings. The Balaban J connectivity index is 1.72. The summed E-state index contributed by atoms with van der Waals surface area (Å²) >= 11 is 0. The van der Waals surface area contributed by atoms with E-state index < -0.39 is 0 Å². The Kier molecular flexibility index (Phi) is 5.04. The molecule has 0 aromatic carbocycles. The third-order valence-electron chi connectivity index (χ3n) is 3.22. The molecule has 2 rings (SSSR count). The molecule has 1 fully saturated rings. The number of nitrogens with zero attached hydrogens (tertiary/aromatic N) is 3. The Morgan fingerprint density at radius 2 is 2.17 bits per heavy atom. The van der Waals surface area contributed by atoms with Crippen LogP contribution in [0.2, 0.25) is 0 Å². The van der Waals surface area contributed by atoms with Crippen LogP contribution in [0.5, 0.6) is 0 Å². The molecule has 100 valence electrons. The molecule has 2 heterocycles. The van der Waals surface area contributed by atoms with Crippen LogP contribution in [-0.2, 0) is 6.54 Å². The summed E-state index contributed by atoms with van der Waals surface area (Å²) in [6, 6.07) is 1.55. The van der Waals surface area contributed by atoms with Crippen LogP contribution in [0, 0.1) is 5.82 Å². The Morgan fingerprint density at radius 3 is 2.89 bits per heavy atom. The molecule has 0 atom stereocenters. The van der Waals surface area contributed by atoms with Crippen molar-refractivity contribution in [3.63, 3.8) is 0 Å². The summed E-state index contributed by atoms with van der Waals surface area (Å²) in [7, 11) is 2.06. The van der Waals surface area contributed by atoms with Crippen molar-refractivity contribution in [2.45, 2.75) is 6.54 Å². The lowest BCUT2D eigenvalue weighted by atomic mass is 10.2. The van der Waals surface area contributed by atoms with Gasteiger partial charge in [0.2, 0.25) is 0 Å².